The van der Waals surface area contributed by atoms with Crippen molar-refractivity contribution in [2.75, 3.05) is 36.4 Å². The summed E-state index contributed by atoms with van der Waals surface area (Å²) in [7, 11) is 0. The summed E-state index contributed by atoms with van der Waals surface area (Å²) in [5, 5.41) is 3.97. The summed E-state index contributed by atoms with van der Waals surface area (Å²) >= 11 is 6.05. The Bertz CT molecular complexity index is 822. The van der Waals surface area contributed by atoms with Crippen molar-refractivity contribution in [2.24, 2.45) is 0 Å². The molecule has 1 amide bonds. The van der Waals surface area contributed by atoms with E-state index in [1.54, 1.807) is 0 Å². The van der Waals surface area contributed by atoms with Gasteiger partial charge in [-0.3, -0.25) is 4.79 Å². The predicted molar refractivity (Wildman–Crippen MR) is 112 cm³/mol. The van der Waals surface area contributed by atoms with Crippen LogP contribution < -0.4 is 26.6 Å². The molecule has 4 N–H and O–H groups in total. The number of amides is 1. The normalized spacial score (nSPS) is 22.4. The van der Waals surface area contributed by atoms with Gasteiger partial charge in [0, 0.05) is 42.6 Å². The van der Waals surface area contributed by atoms with Crippen molar-refractivity contribution in [2.45, 2.75) is 19.1 Å². The third kappa shape index (κ3) is 4.23. The number of nitrogens with zero attached hydrogens (tertiary/aromatic N) is 2. The van der Waals surface area contributed by atoms with Crippen LogP contribution in [0.1, 0.15) is 5.56 Å². The van der Waals surface area contributed by atoms with Gasteiger partial charge < -0.3 is 15.1 Å². The molecule has 2 fully saturated rings. The van der Waals surface area contributed by atoms with E-state index >= 15 is 0 Å². The second-order valence-corrected chi connectivity index (χ2v) is 7.61. The maximum Gasteiger partial charge on any atom is 0.244 e. The molecule has 2 aliphatic rings. The predicted octanol–water partition coefficient (Wildman–Crippen LogP) is 1.72. The number of benzene rings is 2. The van der Waals surface area contributed by atoms with E-state index in [9.17, 15) is 4.79 Å². The second-order valence-electron chi connectivity index (χ2n) is 7.17. The Morgan fingerprint density at radius 1 is 1.07 bits per heavy atom. The van der Waals surface area contributed by atoms with E-state index in [-0.39, 0.29) is 12.1 Å². The van der Waals surface area contributed by atoms with E-state index in [2.05, 4.69) is 57.8 Å². The molecule has 2 aromatic carbocycles. The average Bonchev–Trinajstić information content (AvgIpc) is 3.16. The molecule has 2 saturated heterocycles. The van der Waals surface area contributed by atoms with Crippen molar-refractivity contribution >= 4 is 28.9 Å². The van der Waals surface area contributed by atoms with Crippen LogP contribution in [0, 0.1) is 6.92 Å². The van der Waals surface area contributed by atoms with Crippen LogP contribution >= 0.6 is 11.6 Å². The minimum atomic E-state index is -0.412. The van der Waals surface area contributed by atoms with Crippen molar-refractivity contribution in [3.8, 4) is 0 Å². The number of nitrogens with one attached hydrogen (secondary N) is 4. The van der Waals surface area contributed by atoms with Gasteiger partial charge in [-0.15, -0.1) is 0 Å². The highest BCUT2D eigenvalue weighted by atomic mass is 35.5. The van der Waals surface area contributed by atoms with Crippen LogP contribution in [-0.4, -0.2) is 49.2 Å². The highest BCUT2D eigenvalue weighted by Gasteiger charge is 2.36. The molecule has 0 spiro atoms. The quantitative estimate of drug-likeness (QED) is 0.626. The van der Waals surface area contributed by atoms with Gasteiger partial charge in [0.05, 0.1) is 0 Å². The summed E-state index contributed by atoms with van der Waals surface area (Å²) in [4.78, 5) is 17.3. The molecule has 7 nitrogen and oxygen atoms in total. The van der Waals surface area contributed by atoms with Gasteiger partial charge in [-0.05, 0) is 37.3 Å². The first-order chi connectivity index (χ1) is 13.6. The lowest BCUT2D eigenvalue weighted by atomic mass is 10.1. The Labute approximate surface area is 170 Å². The van der Waals surface area contributed by atoms with Crippen molar-refractivity contribution < 1.29 is 4.79 Å². The summed E-state index contributed by atoms with van der Waals surface area (Å²) in [6.45, 7) is 5.15. The zero-order chi connectivity index (χ0) is 19.5. The molecule has 2 aliphatic heterocycles. The molecular weight excluding hydrogens is 376 g/mol. The van der Waals surface area contributed by atoms with Gasteiger partial charge in [0.25, 0.3) is 0 Å². The highest BCUT2D eigenvalue weighted by Crippen LogP contribution is 2.19. The molecule has 2 heterocycles. The fraction of sp³-hybridized carbons (Fsp3) is 0.350. The number of hydrogen-bond donors (Lipinski definition) is 4. The SMILES string of the molecule is Cc1ccc(N2CCN(C(=O)C3NNNC3Nc3cccc(Cl)c3)CC2)cc1. The molecule has 8 heteroatoms. The number of carbonyl (C=O) groups excluding carboxylic acids is 1. The number of hydrogen-bond acceptors (Lipinski definition) is 6. The first kappa shape index (κ1) is 19.0. The molecule has 0 radical (unpaired) electrons. The molecule has 0 bridgehead atoms. The van der Waals surface area contributed by atoms with Gasteiger partial charge in [0.1, 0.15) is 12.2 Å². The number of rotatable bonds is 4. The van der Waals surface area contributed by atoms with Crippen molar-refractivity contribution in [3.63, 3.8) is 0 Å². The third-order valence-electron chi connectivity index (χ3n) is 5.19. The van der Waals surface area contributed by atoms with Crippen LogP contribution in [0.3, 0.4) is 0 Å². The lowest BCUT2D eigenvalue weighted by Gasteiger charge is -2.37. The standard InChI is InChI=1S/C20H25ClN6O/c1-14-5-7-17(8-6-14)26-9-11-27(12-10-26)20(28)18-19(24-25-23-18)22-16-4-2-3-15(21)13-16/h2-8,13,18-19,22-25H,9-12H2,1H3. The third-order valence-corrected chi connectivity index (χ3v) is 5.43. The van der Waals surface area contributed by atoms with Gasteiger partial charge in [0.2, 0.25) is 5.91 Å². The fourth-order valence-electron chi connectivity index (χ4n) is 3.58. The van der Waals surface area contributed by atoms with Gasteiger partial charge in [0.15, 0.2) is 0 Å². The van der Waals surface area contributed by atoms with Crippen molar-refractivity contribution in [1.29, 1.82) is 0 Å². The summed E-state index contributed by atoms with van der Waals surface area (Å²) in [5.74, 6) is 0.0700. The van der Waals surface area contributed by atoms with Crippen LogP contribution in [0.2, 0.25) is 5.02 Å². The molecule has 0 saturated carbocycles. The van der Waals surface area contributed by atoms with E-state index in [1.165, 1.54) is 11.3 Å². The Balaban J connectivity index is 1.35. The van der Waals surface area contributed by atoms with Gasteiger partial charge in [-0.2, -0.15) is 5.53 Å². The minimum absolute atomic E-state index is 0.0700. The van der Waals surface area contributed by atoms with Crippen LogP contribution in [-0.2, 0) is 4.79 Å². The molecule has 2 unspecified atom stereocenters. The first-order valence-corrected chi connectivity index (χ1v) is 9.86. The molecule has 148 valence electrons. The number of halogens is 1. The zero-order valence-corrected chi connectivity index (χ0v) is 16.5. The van der Waals surface area contributed by atoms with E-state index in [0.29, 0.717) is 18.1 Å². The Hall–Kier alpha value is -2.32. The van der Waals surface area contributed by atoms with E-state index in [0.717, 1.165) is 18.8 Å². The highest BCUT2D eigenvalue weighted by molar-refractivity contribution is 6.30. The number of aryl methyl sites for hydroxylation is 1. The van der Waals surface area contributed by atoms with Crippen molar-refractivity contribution in [1.82, 2.24) is 21.3 Å². The van der Waals surface area contributed by atoms with Crippen LogP contribution in [0.15, 0.2) is 48.5 Å². The number of hydrazine groups is 2. The molecule has 28 heavy (non-hydrogen) atoms. The van der Waals surface area contributed by atoms with E-state index in [4.69, 9.17) is 11.6 Å². The Morgan fingerprint density at radius 2 is 1.82 bits per heavy atom. The van der Waals surface area contributed by atoms with Crippen molar-refractivity contribution in [3.05, 3.63) is 59.1 Å². The Morgan fingerprint density at radius 3 is 2.54 bits per heavy atom. The number of carbonyl (C=O) groups is 1. The second kappa shape index (κ2) is 8.36. The van der Waals surface area contributed by atoms with Crippen LogP contribution in [0.25, 0.3) is 0 Å². The number of anilines is 2. The summed E-state index contributed by atoms with van der Waals surface area (Å²) in [5.41, 5.74) is 12.3. The summed E-state index contributed by atoms with van der Waals surface area (Å²) in [6.07, 6.45) is -0.277. The monoisotopic (exact) mass is 400 g/mol. The Kier molecular flexibility index (Phi) is 5.68. The molecule has 2 aromatic rings. The van der Waals surface area contributed by atoms with Crippen LogP contribution in [0.4, 0.5) is 11.4 Å². The topological polar surface area (TPSA) is 71.7 Å². The maximum absolute atomic E-state index is 13.1. The lowest BCUT2D eigenvalue weighted by Crippen LogP contribution is -2.57. The molecular formula is C20H25ClN6O. The smallest absolute Gasteiger partial charge is 0.244 e. The molecule has 2 atom stereocenters. The van der Waals surface area contributed by atoms with E-state index < -0.39 is 6.04 Å². The summed E-state index contributed by atoms with van der Waals surface area (Å²) in [6, 6.07) is 15.6. The van der Waals surface area contributed by atoms with E-state index in [1.807, 2.05) is 29.2 Å². The van der Waals surface area contributed by atoms with Gasteiger partial charge in [-0.1, -0.05) is 35.4 Å². The summed E-state index contributed by atoms with van der Waals surface area (Å²) < 4.78 is 0. The maximum atomic E-state index is 13.1. The zero-order valence-electron chi connectivity index (χ0n) is 15.8. The number of piperazine rings is 1. The molecule has 4 rings (SSSR count). The lowest BCUT2D eigenvalue weighted by molar-refractivity contribution is -0.133. The molecule has 0 aliphatic carbocycles. The largest absolute Gasteiger partial charge is 0.368 e. The minimum Gasteiger partial charge on any atom is -0.368 e. The first-order valence-electron chi connectivity index (χ1n) is 9.49. The average molecular weight is 401 g/mol. The molecule has 0 aromatic heterocycles. The van der Waals surface area contributed by atoms with Gasteiger partial charge >= 0.3 is 0 Å². The van der Waals surface area contributed by atoms with Gasteiger partial charge in [-0.25, -0.2) is 10.9 Å². The fourth-order valence-corrected chi connectivity index (χ4v) is 3.77. The van der Waals surface area contributed by atoms with Crippen LogP contribution in [0.5, 0.6) is 0 Å².